The first-order valence-electron chi connectivity index (χ1n) is 8.96. The number of halogens is 1. The van der Waals surface area contributed by atoms with Crippen molar-refractivity contribution < 1.29 is 9.18 Å². The average molecular weight is 391 g/mol. The van der Waals surface area contributed by atoms with Crippen LogP contribution in [-0.4, -0.2) is 31.2 Å². The summed E-state index contributed by atoms with van der Waals surface area (Å²) in [5.74, 6) is -0.0564. The second kappa shape index (κ2) is 7.63. The minimum atomic E-state index is -0.444. The Kier molecular flexibility index (Phi) is 4.86. The molecule has 8 nitrogen and oxygen atoms in total. The number of fused-ring (bicyclic) bond motifs is 1. The van der Waals surface area contributed by atoms with E-state index in [0.717, 1.165) is 34.1 Å². The third-order valence-corrected chi connectivity index (χ3v) is 4.40. The van der Waals surface area contributed by atoms with Gasteiger partial charge in [0.25, 0.3) is 0 Å². The van der Waals surface area contributed by atoms with Gasteiger partial charge in [0, 0.05) is 35.1 Å². The summed E-state index contributed by atoms with van der Waals surface area (Å²) in [6.45, 7) is 3.67. The van der Waals surface area contributed by atoms with E-state index in [1.165, 1.54) is 12.1 Å². The summed E-state index contributed by atoms with van der Waals surface area (Å²) in [4.78, 5) is 24.7. The van der Waals surface area contributed by atoms with Crippen molar-refractivity contribution in [2.75, 3.05) is 5.32 Å². The molecule has 0 bridgehead atoms. The predicted molar refractivity (Wildman–Crippen MR) is 107 cm³/mol. The molecule has 29 heavy (non-hydrogen) atoms. The van der Waals surface area contributed by atoms with Crippen LogP contribution >= 0.6 is 0 Å². The van der Waals surface area contributed by atoms with Crippen molar-refractivity contribution in [3.05, 3.63) is 66.1 Å². The van der Waals surface area contributed by atoms with Crippen LogP contribution in [0.5, 0.6) is 0 Å². The lowest BCUT2D eigenvalue weighted by Gasteiger charge is -2.13. The van der Waals surface area contributed by atoms with Crippen molar-refractivity contribution in [1.29, 1.82) is 0 Å². The lowest BCUT2D eigenvalue weighted by atomic mass is 10.1. The highest BCUT2D eigenvalue weighted by atomic mass is 19.1. The van der Waals surface area contributed by atoms with Crippen LogP contribution in [0, 0.1) is 12.7 Å². The molecule has 2 amide bonds. The van der Waals surface area contributed by atoms with Crippen LogP contribution in [-0.2, 0) is 0 Å². The minimum absolute atomic E-state index is 0.371. The Balaban J connectivity index is 1.48. The number of hydrogen-bond acceptors (Lipinski definition) is 5. The maximum absolute atomic E-state index is 13.0. The Morgan fingerprint density at radius 2 is 2.00 bits per heavy atom. The maximum Gasteiger partial charge on any atom is 0.320 e. The number of aromatic amines is 1. The van der Waals surface area contributed by atoms with Crippen molar-refractivity contribution in [3.8, 4) is 11.3 Å². The zero-order chi connectivity index (χ0) is 20.4. The quantitative estimate of drug-likeness (QED) is 0.491. The third kappa shape index (κ3) is 4.03. The van der Waals surface area contributed by atoms with Crippen molar-refractivity contribution in [1.82, 2.24) is 30.5 Å². The number of hydrogen-bond donors (Lipinski definition) is 3. The molecule has 0 aliphatic carbocycles. The van der Waals surface area contributed by atoms with Crippen molar-refractivity contribution in [2.24, 2.45) is 0 Å². The van der Waals surface area contributed by atoms with Crippen molar-refractivity contribution in [3.63, 3.8) is 0 Å². The summed E-state index contributed by atoms with van der Waals surface area (Å²) in [5, 5.41) is 13.6. The Hall–Kier alpha value is -3.88. The molecular weight excluding hydrogens is 373 g/mol. The summed E-state index contributed by atoms with van der Waals surface area (Å²) < 4.78 is 13.0. The van der Waals surface area contributed by atoms with E-state index < -0.39 is 17.9 Å². The largest absolute Gasteiger partial charge is 0.330 e. The second-order valence-corrected chi connectivity index (χ2v) is 6.59. The van der Waals surface area contributed by atoms with Gasteiger partial charge in [-0.05, 0) is 38.1 Å². The highest BCUT2D eigenvalue weighted by molar-refractivity contribution is 5.95. The number of urea groups is 1. The van der Waals surface area contributed by atoms with Gasteiger partial charge < -0.3 is 5.32 Å². The smallest absolute Gasteiger partial charge is 0.320 e. The van der Waals surface area contributed by atoms with Crippen LogP contribution in [0.1, 0.15) is 24.4 Å². The fourth-order valence-electron chi connectivity index (χ4n) is 2.96. The molecule has 0 aromatic carbocycles. The summed E-state index contributed by atoms with van der Waals surface area (Å²) in [7, 11) is 0. The van der Waals surface area contributed by atoms with E-state index in [-0.39, 0.29) is 0 Å². The molecule has 0 radical (unpaired) electrons. The fourth-order valence-corrected chi connectivity index (χ4v) is 2.96. The van der Waals surface area contributed by atoms with Crippen LogP contribution < -0.4 is 10.6 Å². The fraction of sp³-hybridized carbons (Fsp3) is 0.150. The molecule has 146 valence electrons. The molecule has 3 N–H and O–H groups in total. The van der Waals surface area contributed by atoms with Gasteiger partial charge in [0.1, 0.15) is 17.3 Å². The first kappa shape index (κ1) is 18.5. The van der Waals surface area contributed by atoms with Gasteiger partial charge in [-0.1, -0.05) is 0 Å². The number of carbonyl (C=O) groups excluding carboxylic acids is 1. The van der Waals surface area contributed by atoms with E-state index in [4.69, 9.17) is 0 Å². The molecule has 4 heterocycles. The summed E-state index contributed by atoms with van der Waals surface area (Å²) >= 11 is 0. The number of nitrogens with one attached hydrogen (secondary N) is 3. The lowest BCUT2D eigenvalue weighted by Crippen LogP contribution is -2.31. The second-order valence-electron chi connectivity index (χ2n) is 6.59. The van der Waals surface area contributed by atoms with Gasteiger partial charge in [0.2, 0.25) is 0 Å². The number of aromatic nitrogens is 5. The molecule has 0 unspecified atom stereocenters. The molecule has 1 atom stereocenters. The summed E-state index contributed by atoms with van der Waals surface area (Å²) in [6, 6.07) is 7.52. The van der Waals surface area contributed by atoms with Crippen LogP contribution in [0.15, 0.2) is 48.9 Å². The molecule has 4 aromatic heterocycles. The average Bonchev–Trinajstić information content (AvgIpc) is 3.11. The van der Waals surface area contributed by atoms with Crippen LogP contribution in [0.3, 0.4) is 0 Å². The zero-order valence-corrected chi connectivity index (χ0v) is 15.8. The highest BCUT2D eigenvalue weighted by Gasteiger charge is 2.13. The molecular formula is C20H18FN7O. The van der Waals surface area contributed by atoms with Crippen molar-refractivity contribution in [2.45, 2.75) is 19.9 Å². The number of carbonyl (C=O) groups is 1. The number of anilines is 1. The Labute approximate surface area is 165 Å². The van der Waals surface area contributed by atoms with E-state index in [2.05, 4.69) is 35.8 Å². The van der Waals surface area contributed by atoms with Crippen LogP contribution in [0.25, 0.3) is 22.2 Å². The Bertz CT molecular complexity index is 1170. The monoisotopic (exact) mass is 391 g/mol. The first-order chi connectivity index (χ1) is 14.0. The molecule has 0 fully saturated rings. The van der Waals surface area contributed by atoms with E-state index >= 15 is 0 Å². The first-order valence-corrected chi connectivity index (χ1v) is 8.96. The zero-order valence-electron chi connectivity index (χ0n) is 15.8. The summed E-state index contributed by atoms with van der Waals surface area (Å²) in [5.41, 5.74) is 3.89. The Morgan fingerprint density at radius 3 is 2.76 bits per heavy atom. The topological polar surface area (TPSA) is 108 Å². The Morgan fingerprint density at radius 1 is 1.14 bits per heavy atom. The predicted octanol–water partition coefficient (Wildman–Crippen LogP) is 3.75. The van der Waals surface area contributed by atoms with Gasteiger partial charge in [-0.15, -0.1) is 0 Å². The molecule has 0 spiro atoms. The number of pyridine rings is 3. The van der Waals surface area contributed by atoms with Crippen LogP contribution in [0.2, 0.25) is 0 Å². The molecule has 4 rings (SSSR count). The molecule has 9 heteroatoms. The molecule has 4 aromatic rings. The van der Waals surface area contributed by atoms with Gasteiger partial charge in [-0.3, -0.25) is 20.4 Å². The number of H-pyrrole nitrogens is 1. The van der Waals surface area contributed by atoms with E-state index in [1.807, 2.05) is 19.1 Å². The standard InChI is InChI=1S/C20H18FN7O/c1-11-7-13(5-6-22-11)19-15-10-24-18(8-17(15)27-28-19)26-20(29)25-12(2)16-4-3-14(21)9-23-16/h3-10,12H,1-2H3,(H,27,28)(H2,24,25,26,29)/t12-/m1/s1. The van der Waals surface area contributed by atoms with Crippen molar-refractivity contribution >= 4 is 22.8 Å². The van der Waals surface area contributed by atoms with Gasteiger partial charge in [0.05, 0.1) is 23.4 Å². The number of nitrogens with zero attached hydrogens (tertiary/aromatic N) is 4. The number of rotatable bonds is 4. The normalized spacial score (nSPS) is 12.0. The van der Waals surface area contributed by atoms with E-state index in [0.29, 0.717) is 11.5 Å². The van der Waals surface area contributed by atoms with Gasteiger partial charge in [0.15, 0.2) is 0 Å². The van der Waals surface area contributed by atoms with Gasteiger partial charge in [-0.2, -0.15) is 5.10 Å². The van der Waals surface area contributed by atoms with Gasteiger partial charge in [-0.25, -0.2) is 14.2 Å². The van der Waals surface area contributed by atoms with E-state index in [9.17, 15) is 9.18 Å². The van der Waals surface area contributed by atoms with Gasteiger partial charge >= 0.3 is 6.03 Å². The van der Waals surface area contributed by atoms with Crippen LogP contribution in [0.4, 0.5) is 15.0 Å². The summed E-state index contributed by atoms with van der Waals surface area (Å²) in [6.07, 6.45) is 4.50. The molecule has 0 aliphatic heterocycles. The maximum atomic E-state index is 13.0. The number of aryl methyl sites for hydroxylation is 1. The molecule has 0 aliphatic rings. The molecule has 0 saturated heterocycles. The lowest BCUT2D eigenvalue weighted by molar-refractivity contribution is 0.249. The highest BCUT2D eigenvalue weighted by Crippen LogP contribution is 2.27. The molecule has 0 saturated carbocycles. The number of amides is 2. The third-order valence-electron chi connectivity index (χ3n) is 4.40. The van der Waals surface area contributed by atoms with E-state index in [1.54, 1.807) is 25.4 Å². The SMILES string of the molecule is Cc1cc(-c2n[nH]c3cc(NC(=O)N[C@H](C)c4ccc(F)cn4)ncc23)ccn1. The minimum Gasteiger partial charge on any atom is -0.330 e.